The number of amides is 1. The molecule has 5 heteroatoms. The summed E-state index contributed by atoms with van der Waals surface area (Å²) < 4.78 is 0.886. The summed E-state index contributed by atoms with van der Waals surface area (Å²) in [5, 5.41) is 3.64. The molecule has 1 fully saturated rings. The summed E-state index contributed by atoms with van der Waals surface area (Å²) in [6.45, 7) is 1.65. The number of nitrogens with zero attached hydrogens (tertiary/aromatic N) is 1. The topological polar surface area (TPSA) is 32.3 Å². The highest BCUT2D eigenvalue weighted by Gasteiger charge is 2.29. The van der Waals surface area contributed by atoms with Crippen LogP contribution in [0.1, 0.15) is 23.2 Å². The molecule has 3 nitrogen and oxygen atoms in total. The lowest BCUT2D eigenvalue weighted by Gasteiger charge is -2.25. The molecule has 1 aliphatic rings. The van der Waals surface area contributed by atoms with Crippen molar-refractivity contribution >= 4 is 33.4 Å². The van der Waals surface area contributed by atoms with Crippen molar-refractivity contribution in [1.82, 2.24) is 10.2 Å². The number of carbonyl (C=O) groups is 1. The standard InChI is InChI=1S/C13H16BrClN2O/c1-16-8-10-3-2-6-17(10)13(18)11-5-4-9(14)7-12(11)15/h4-5,7,10,16H,2-3,6,8H2,1H3/t10-/m0/s1. The van der Waals surface area contributed by atoms with Crippen LogP contribution in [0.4, 0.5) is 0 Å². The van der Waals surface area contributed by atoms with Gasteiger partial charge in [0.25, 0.3) is 5.91 Å². The van der Waals surface area contributed by atoms with E-state index in [1.165, 1.54) is 0 Å². The Morgan fingerprint density at radius 2 is 2.39 bits per heavy atom. The molecule has 1 N–H and O–H groups in total. The van der Waals surface area contributed by atoms with E-state index in [0.717, 1.165) is 30.4 Å². The van der Waals surface area contributed by atoms with Gasteiger partial charge < -0.3 is 10.2 Å². The maximum absolute atomic E-state index is 12.5. The molecule has 0 saturated carbocycles. The number of benzene rings is 1. The summed E-state index contributed by atoms with van der Waals surface area (Å²) in [7, 11) is 1.91. The molecule has 0 aliphatic carbocycles. The molecule has 0 spiro atoms. The number of rotatable bonds is 3. The average molecular weight is 332 g/mol. The summed E-state index contributed by atoms with van der Waals surface area (Å²) in [4.78, 5) is 14.4. The minimum atomic E-state index is 0.0326. The fourth-order valence-corrected chi connectivity index (χ4v) is 3.12. The van der Waals surface area contributed by atoms with Gasteiger partial charge in [-0.3, -0.25) is 4.79 Å². The third-order valence-corrected chi connectivity index (χ3v) is 4.05. The zero-order chi connectivity index (χ0) is 13.1. The summed E-state index contributed by atoms with van der Waals surface area (Å²) in [5.41, 5.74) is 0.586. The predicted octanol–water partition coefficient (Wildman–Crippen LogP) is 2.93. The smallest absolute Gasteiger partial charge is 0.255 e. The van der Waals surface area contributed by atoms with Gasteiger partial charge >= 0.3 is 0 Å². The molecular formula is C13H16BrClN2O. The van der Waals surface area contributed by atoms with Crippen molar-refractivity contribution in [1.29, 1.82) is 0 Å². The van der Waals surface area contributed by atoms with Crippen molar-refractivity contribution < 1.29 is 4.79 Å². The van der Waals surface area contributed by atoms with Crippen molar-refractivity contribution in [2.45, 2.75) is 18.9 Å². The largest absolute Gasteiger partial charge is 0.334 e. The average Bonchev–Trinajstić information content (AvgIpc) is 2.77. The molecule has 1 aliphatic heterocycles. The van der Waals surface area contributed by atoms with Crippen molar-refractivity contribution in [2.75, 3.05) is 20.1 Å². The molecule has 0 radical (unpaired) electrons. The van der Waals surface area contributed by atoms with Crippen LogP contribution in [-0.4, -0.2) is 37.0 Å². The van der Waals surface area contributed by atoms with Crippen molar-refractivity contribution in [3.63, 3.8) is 0 Å². The van der Waals surface area contributed by atoms with Crippen LogP contribution in [0.5, 0.6) is 0 Å². The Morgan fingerprint density at radius 1 is 1.61 bits per heavy atom. The number of halogens is 2. The summed E-state index contributed by atoms with van der Waals surface area (Å²) in [6, 6.07) is 5.67. The molecule has 98 valence electrons. The maximum Gasteiger partial charge on any atom is 0.255 e. The number of carbonyl (C=O) groups excluding carboxylic acids is 1. The normalized spacial score (nSPS) is 19.3. The van der Waals surface area contributed by atoms with E-state index in [-0.39, 0.29) is 11.9 Å². The van der Waals surface area contributed by atoms with Gasteiger partial charge in [0, 0.05) is 23.6 Å². The highest BCUT2D eigenvalue weighted by molar-refractivity contribution is 9.10. The third kappa shape index (κ3) is 2.87. The molecule has 1 saturated heterocycles. The Kier molecular flexibility index (Phi) is 4.65. The van der Waals surface area contributed by atoms with Crippen LogP contribution in [0.25, 0.3) is 0 Å². The molecular weight excluding hydrogens is 316 g/mol. The summed E-state index contributed by atoms with van der Waals surface area (Å²) in [6.07, 6.45) is 2.12. The predicted molar refractivity (Wildman–Crippen MR) is 77.1 cm³/mol. The molecule has 0 unspecified atom stereocenters. The first-order valence-corrected chi connectivity index (χ1v) is 7.21. The van der Waals surface area contributed by atoms with Crippen molar-refractivity contribution in [3.8, 4) is 0 Å². The minimum Gasteiger partial charge on any atom is -0.334 e. The van der Waals surface area contributed by atoms with Gasteiger partial charge in [-0.1, -0.05) is 27.5 Å². The number of hydrogen-bond acceptors (Lipinski definition) is 2. The van der Waals surface area contributed by atoms with Crippen LogP contribution in [0.2, 0.25) is 5.02 Å². The van der Waals surface area contributed by atoms with Crippen molar-refractivity contribution in [3.05, 3.63) is 33.3 Å². The Hall–Kier alpha value is -0.580. The number of likely N-dealkylation sites (N-methyl/N-ethyl adjacent to an activating group) is 1. The van der Waals surface area contributed by atoms with Gasteiger partial charge in [0.2, 0.25) is 0 Å². The van der Waals surface area contributed by atoms with Crippen LogP contribution in [0.3, 0.4) is 0 Å². The quantitative estimate of drug-likeness (QED) is 0.923. The van der Waals surface area contributed by atoms with Gasteiger partial charge in [-0.15, -0.1) is 0 Å². The molecule has 1 heterocycles. The highest BCUT2D eigenvalue weighted by Crippen LogP contribution is 2.26. The van der Waals surface area contributed by atoms with Crippen LogP contribution in [0.15, 0.2) is 22.7 Å². The zero-order valence-electron chi connectivity index (χ0n) is 10.2. The van der Waals surface area contributed by atoms with E-state index >= 15 is 0 Å². The Morgan fingerprint density at radius 3 is 3.06 bits per heavy atom. The van der Waals surface area contributed by atoms with Crippen LogP contribution in [-0.2, 0) is 0 Å². The lowest BCUT2D eigenvalue weighted by Crippen LogP contribution is -2.40. The second-order valence-electron chi connectivity index (χ2n) is 4.48. The molecule has 1 amide bonds. The van der Waals surface area contributed by atoms with E-state index in [4.69, 9.17) is 11.6 Å². The second-order valence-corrected chi connectivity index (χ2v) is 5.80. The third-order valence-electron chi connectivity index (χ3n) is 3.24. The maximum atomic E-state index is 12.5. The van der Waals surface area contributed by atoms with Gasteiger partial charge in [-0.2, -0.15) is 0 Å². The Labute approximate surface area is 121 Å². The van der Waals surface area contributed by atoms with Gasteiger partial charge in [0.05, 0.1) is 10.6 Å². The van der Waals surface area contributed by atoms with E-state index in [0.29, 0.717) is 10.6 Å². The van der Waals surface area contributed by atoms with Gasteiger partial charge in [0.1, 0.15) is 0 Å². The number of nitrogens with one attached hydrogen (secondary N) is 1. The first kappa shape index (κ1) is 13.8. The second kappa shape index (κ2) is 6.04. The monoisotopic (exact) mass is 330 g/mol. The van der Waals surface area contributed by atoms with E-state index < -0.39 is 0 Å². The van der Waals surface area contributed by atoms with Crippen LogP contribution >= 0.6 is 27.5 Å². The minimum absolute atomic E-state index is 0.0326. The lowest BCUT2D eigenvalue weighted by molar-refractivity contribution is 0.0737. The Balaban J connectivity index is 2.20. The van der Waals surface area contributed by atoms with E-state index in [1.807, 2.05) is 18.0 Å². The molecule has 0 bridgehead atoms. The van der Waals surface area contributed by atoms with Gasteiger partial charge in [-0.05, 0) is 38.1 Å². The van der Waals surface area contributed by atoms with Crippen molar-refractivity contribution in [2.24, 2.45) is 0 Å². The van der Waals surface area contributed by atoms with E-state index in [2.05, 4.69) is 21.2 Å². The fourth-order valence-electron chi connectivity index (χ4n) is 2.37. The fraction of sp³-hybridized carbons (Fsp3) is 0.462. The SMILES string of the molecule is CNC[C@@H]1CCCN1C(=O)c1ccc(Br)cc1Cl. The molecule has 1 aromatic carbocycles. The Bertz CT molecular complexity index is 453. The van der Waals surface area contributed by atoms with Gasteiger partial charge in [-0.25, -0.2) is 0 Å². The molecule has 2 rings (SSSR count). The molecule has 18 heavy (non-hydrogen) atoms. The summed E-state index contributed by atoms with van der Waals surface area (Å²) >= 11 is 9.48. The van der Waals surface area contributed by atoms with E-state index in [9.17, 15) is 4.79 Å². The van der Waals surface area contributed by atoms with Gasteiger partial charge in [0.15, 0.2) is 0 Å². The molecule has 1 aromatic rings. The van der Waals surface area contributed by atoms with Crippen LogP contribution in [0, 0.1) is 0 Å². The van der Waals surface area contributed by atoms with E-state index in [1.54, 1.807) is 12.1 Å². The highest BCUT2D eigenvalue weighted by atomic mass is 79.9. The zero-order valence-corrected chi connectivity index (χ0v) is 12.6. The first-order chi connectivity index (χ1) is 8.63. The first-order valence-electron chi connectivity index (χ1n) is 6.04. The lowest BCUT2D eigenvalue weighted by atomic mass is 10.1. The van der Waals surface area contributed by atoms with Crippen LogP contribution < -0.4 is 5.32 Å². The number of hydrogen-bond donors (Lipinski definition) is 1. The molecule has 0 aromatic heterocycles. The number of likely N-dealkylation sites (tertiary alicyclic amines) is 1. The summed E-state index contributed by atoms with van der Waals surface area (Å²) in [5.74, 6) is 0.0326. The molecule has 1 atom stereocenters.